The van der Waals surface area contributed by atoms with Crippen LogP contribution < -0.4 is 9.54 Å². The fourth-order valence-corrected chi connectivity index (χ4v) is 3.91. The number of amides is 1. The van der Waals surface area contributed by atoms with Crippen molar-refractivity contribution in [2.45, 2.75) is 13.0 Å². The molecule has 0 atom stereocenters. The topological polar surface area (TPSA) is 43.6 Å². The molecule has 0 saturated carbocycles. The van der Waals surface area contributed by atoms with E-state index in [1.807, 2.05) is 53.1 Å². The number of para-hydroxylation sites is 1. The number of rotatable bonds is 5. The van der Waals surface area contributed by atoms with Crippen LogP contribution in [0.15, 0.2) is 58.0 Å². The predicted octanol–water partition coefficient (Wildman–Crippen LogP) is 3.99. The van der Waals surface area contributed by atoms with Crippen molar-refractivity contribution >= 4 is 43.4 Å². The summed E-state index contributed by atoms with van der Waals surface area (Å²) < 4.78 is 9.42. The summed E-state index contributed by atoms with van der Waals surface area (Å²) in [6.45, 7) is 0.659. The zero-order chi connectivity index (χ0) is 17.6. The van der Waals surface area contributed by atoms with Gasteiger partial charge in [0.2, 0.25) is 0 Å². The lowest BCUT2D eigenvalue weighted by molar-refractivity contribution is -0.118. The van der Waals surface area contributed by atoms with Crippen molar-refractivity contribution in [1.82, 2.24) is 4.57 Å². The van der Waals surface area contributed by atoms with E-state index in [0.29, 0.717) is 11.3 Å². The van der Waals surface area contributed by atoms with E-state index in [0.717, 1.165) is 20.4 Å². The lowest BCUT2D eigenvalue weighted by Crippen LogP contribution is -2.17. The van der Waals surface area contributed by atoms with Crippen LogP contribution in [0.1, 0.15) is 6.42 Å². The first-order valence-electron chi connectivity index (χ1n) is 7.65. The molecule has 3 aromatic rings. The normalized spacial score (nSPS) is 11.4. The van der Waals surface area contributed by atoms with Gasteiger partial charge in [-0.15, -0.1) is 6.42 Å². The SMILES string of the molecule is C#CCn1c(=NC(=O)CCOc2ccccc2)sc2cc(Br)ccc21. The maximum atomic E-state index is 12.2. The van der Waals surface area contributed by atoms with Gasteiger partial charge in [0.05, 0.1) is 29.8 Å². The molecule has 126 valence electrons. The second-order valence-corrected chi connectivity index (χ2v) is 7.13. The number of halogens is 1. The van der Waals surface area contributed by atoms with Crippen molar-refractivity contribution in [2.75, 3.05) is 6.61 Å². The molecule has 1 heterocycles. The maximum Gasteiger partial charge on any atom is 0.251 e. The second kappa shape index (κ2) is 8.15. The molecule has 4 nitrogen and oxygen atoms in total. The van der Waals surface area contributed by atoms with Crippen LogP contribution in [0.4, 0.5) is 0 Å². The van der Waals surface area contributed by atoms with Crippen molar-refractivity contribution in [1.29, 1.82) is 0 Å². The lowest BCUT2D eigenvalue weighted by atomic mass is 10.3. The van der Waals surface area contributed by atoms with Crippen LogP contribution in [0, 0.1) is 12.3 Å². The maximum absolute atomic E-state index is 12.2. The number of carbonyl (C=O) groups excluding carboxylic acids is 1. The van der Waals surface area contributed by atoms with Crippen LogP contribution in [0.2, 0.25) is 0 Å². The molecule has 1 amide bonds. The number of fused-ring (bicyclic) bond motifs is 1. The highest BCUT2D eigenvalue weighted by molar-refractivity contribution is 9.10. The molecule has 3 rings (SSSR count). The van der Waals surface area contributed by atoms with E-state index in [-0.39, 0.29) is 18.9 Å². The molecule has 0 fully saturated rings. The Hall–Kier alpha value is -2.36. The molecule has 1 aromatic heterocycles. The monoisotopic (exact) mass is 414 g/mol. The highest BCUT2D eigenvalue weighted by atomic mass is 79.9. The van der Waals surface area contributed by atoms with Crippen LogP contribution in [-0.2, 0) is 11.3 Å². The van der Waals surface area contributed by atoms with Gasteiger partial charge in [-0.05, 0) is 30.3 Å². The van der Waals surface area contributed by atoms with E-state index >= 15 is 0 Å². The average molecular weight is 415 g/mol. The van der Waals surface area contributed by atoms with Crippen molar-refractivity contribution in [2.24, 2.45) is 4.99 Å². The van der Waals surface area contributed by atoms with Crippen molar-refractivity contribution in [3.8, 4) is 18.1 Å². The molecule has 0 radical (unpaired) electrons. The third kappa shape index (κ3) is 4.38. The molecule has 0 aliphatic rings. The van der Waals surface area contributed by atoms with Crippen LogP contribution >= 0.6 is 27.3 Å². The summed E-state index contributed by atoms with van der Waals surface area (Å²) >= 11 is 4.90. The molecule has 6 heteroatoms. The predicted molar refractivity (Wildman–Crippen MR) is 103 cm³/mol. The standard InChI is InChI=1S/C19H15BrN2O2S/c1-2-11-22-16-9-8-14(20)13-17(16)25-19(22)21-18(23)10-12-24-15-6-4-3-5-7-15/h1,3-9,13H,10-12H2. The number of nitrogens with zero attached hydrogens (tertiary/aromatic N) is 2. The quantitative estimate of drug-likeness (QED) is 0.592. The third-order valence-corrected chi connectivity index (χ3v) is 4.98. The number of thiazole rings is 1. The third-order valence-electron chi connectivity index (χ3n) is 3.44. The first kappa shape index (κ1) is 17.5. The van der Waals surface area contributed by atoms with Gasteiger partial charge >= 0.3 is 0 Å². The van der Waals surface area contributed by atoms with E-state index in [1.165, 1.54) is 11.3 Å². The van der Waals surface area contributed by atoms with Crippen LogP contribution in [0.5, 0.6) is 5.75 Å². The van der Waals surface area contributed by atoms with E-state index in [2.05, 4.69) is 26.8 Å². The second-order valence-electron chi connectivity index (χ2n) is 5.20. The fraction of sp³-hybridized carbons (Fsp3) is 0.158. The van der Waals surface area contributed by atoms with E-state index in [4.69, 9.17) is 11.2 Å². The number of hydrogen-bond acceptors (Lipinski definition) is 3. The van der Waals surface area contributed by atoms with E-state index in [1.54, 1.807) is 0 Å². The summed E-state index contributed by atoms with van der Waals surface area (Å²) in [6, 6.07) is 15.3. The Morgan fingerprint density at radius 1 is 1.28 bits per heavy atom. The Morgan fingerprint density at radius 2 is 2.08 bits per heavy atom. The number of benzene rings is 2. The number of hydrogen-bond donors (Lipinski definition) is 0. The molecule has 0 aliphatic heterocycles. The van der Waals surface area contributed by atoms with Crippen LogP contribution in [-0.4, -0.2) is 17.1 Å². The zero-order valence-corrected chi connectivity index (χ0v) is 15.7. The Kier molecular flexibility index (Phi) is 5.69. The lowest BCUT2D eigenvalue weighted by Gasteiger charge is -2.03. The minimum atomic E-state index is -0.229. The number of aromatic nitrogens is 1. The molecule has 0 saturated heterocycles. The van der Waals surface area contributed by atoms with E-state index in [9.17, 15) is 4.79 Å². The molecule has 25 heavy (non-hydrogen) atoms. The Morgan fingerprint density at radius 3 is 2.84 bits per heavy atom. The van der Waals surface area contributed by atoms with Gasteiger partial charge in [0.25, 0.3) is 5.91 Å². The summed E-state index contributed by atoms with van der Waals surface area (Å²) in [5.41, 5.74) is 0.971. The average Bonchev–Trinajstić information content (AvgIpc) is 2.92. The number of carbonyl (C=O) groups is 1. The van der Waals surface area contributed by atoms with Gasteiger partial charge in [-0.2, -0.15) is 4.99 Å². The summed E-state index contributed by atoms with van der Waals surface area (Å²) in [7, 11) is 0. The first-order chi connectivity index (χ1) is 12.2. The summed E-state index contributed by atoms with van der Waals surface area (Å²) in [6.07, 6.45) is 5.67. The van der Waals surface area contributed by atoms with Gasteiger partial charge in [-0.3, -0.25) is 4.79 Å². The number of terminal acetylenes is 1. The van der Waals surface area contributed by atoms with Gasteiger partial charge in [0.15, 0.2) is 4.80 Å². The summed E-state index contributed by atoms with van der Waals surface area (Å²) in [5.74, 6) is 3.13. The minimum absolute atomic E-state index is 0.211. The van der Waals surface area contributed by atoms with Crippen LogP contribution in [0.25, 0.3) is 10.2 Å². The summed E-state index contributed by atoms with van der Waals surface area (Å²) in [5, 5.41) is 0. The molecular weight excluding hydrogens is 400 g/mol. The molecule has 0 N–H and O–H groups in total. The molecular formula is C19H15BrN2O2S. The van der Waals surface area contributed by atoms with Crippen molar-refractivity contribution < 1.29 is 9.53 Å². The van der Waals surface area contributed by atoms with Gasteiger partial charge in [0.1, 0.15) is 5.75 Å². The molecule has 0 unspecified atom stereocenters. The number of ether oxygens (including phenoxy) is 1. The smallest absolute Gasteiger partial charge is 0.251 e. The Balaban J connectivity index is 1.78. The minimum Gasteiger partial charge on any atom is -0.493 e. The molecule has 2 aromatic carbocycles. The van der Waals surface area contributed by atoms with Crippen molar-refractivity contribution in [3.05, 3.63) is 57.8 Å². The summed E-state index contributed by atoms with van der Waals surface area (Å²) in [4.78, 5) is 17.0. The Bertz CT molecular complexity index is 1000. The highest BCUT2D eigenvalue weighted by Crippen LogP contribution is 2.22. The fourth-order valence-electron chi connectivity index (χ4n) is 2.31. The van der Waals surface area contributed by atoms with Crippen molar-refractivity contribution in [3.63, 3.8) is 0 Å². The van der Waals surface area contributed by atoms with Gasteiger partial charge in [-0.1, -0.05) is 51.4 Å². The Labute approximate surface area is 157 Å². The van der Waals surface area contributed by atoms with Gasteiger partial charge in [-0.25, -0.2) is 0 Å². The highest BCUT2D eigenvalue weighted by Gasteiger charge is 2.08. The van der Waals surface area contributed by atoms with Gasteiger partial charge < -0.3 is 9.30 Å². The molecule has 0 bridgehead atoms. The van der Waals surface area contributed by atoms with Gasteiger partial charge in [0, 0.05) is 4.47 Å². The molecule has 0 aliphatic carbocycles. The largest absolute Gasteiger partial charge is 0.493 e. The van der Waals surface area contributed by atoms with Crippen LogP contribution in [0.3, 0.4) is 0 Å². The van der Waals surface area contributed by atoms with E-state index < -0.39 is 0 Å². The first-order valence-corrected chi connectivity index (χ1v) is 9.26. The molecule has 0 spiro atoms. The zero-order valence-electron chi connectivity index (χ0n) is 13.3.